The van der Waals surface area contributed by atoms with Crippen LogP contribution in [0.2, 0.25) is 0 Å². The van der Waals surface area contributed by atoms with Crippen LogP contribution in [0.1, 0.15) is 46.8 Å². The van der Waals surface area contributed by atoms with Crippen molar-refractivity contribution >= 4 is 11.6 Å². The minimum Gasteiger partial charge on any atom is -0.384 e. The molecule has 2 saturated heterocycles. The Kier molecular flexibility index (Phi) is 7.09. The summed E-state index contributed by atoms with van der Waals surface area (Å²) >= 11 is 0. The van der Waals surface area contributed by atoms with E-state index in [1.54, 1.807) is 19.2 Å². The number of aryl methyl sites for hydroxylation is 1. The van der Waals surface area contributed by atoms with Gasteiger partial charge in [-0.25, -0.2) is 0 Å². The average molecular weight is 486 g/mol. The summed E-state index contributed by atoms with van der Waals surface area (Å²) in [5.41, 5.74) is 0.918. The molecule has 2 aliphatic rings. The first-order valence-corrected chi connectivity index (χ1v) is 11.9. The summed E-state index contributed by atoms with van der Waals surface area (Å²) in [5, 5.41) is 9.07. The second kappa shape index (κ2) is 9.90. The molecular weight excluding hydrogens is 455 g/mol. The van der Waals surface area contributed by atoms with Gasteiger partial charge in [0.25, 0.3) is 5.91 Å². The van der Waals surface area contributed by atoms with Crippen LogP contribution in [-0.4, -0.2) is 50.7 Å². The second-order valence-corrected chi connectivity index (χ2v) is 9.58. The number of amides is 1. The number of hydrogen-bond acceptors (Lipinski definition) is 4. The Morgan fingerprint density at radius 3 is 2.43 bits per heavy atom. The molecule has 1 amide bonds. The van der Waals surface area contributed by atoms with Crippen LogP contribution in [0, 0.1) is 22.7 Å². The van der Waals surface area contributed by atoms with Crippen LogP contribution in [0.25, 0.3) is 0 Å². The number of carbonyl (C=O) groups excluding carboxylic acids is 1. The predicted molar refractivity (Wildman–Crippen MR) is 127 cm³/mol. The molecule has 0 bridgehead atoms. The van der Waals surface area contributed by atoms with Crippen LogP contribution in [0.5, 0.6) is 0 Å². The lowest BCUT2D eigenvalue weighted by molar-refractivity contribution is -0.137. The number of alkyl halides is 3. The maximum Gasteiger partial charge on any atom is 0.417 e. The van der Waals surface area contributed by atoms with Gasteiger partial charge in [-0.15, -0.1) is 0 Å². The molecule has 0 aliphatic carbocycles. The lowest BCUT2D eigenvalue weighted by atomic mass is 9.71. The molecule has 35 heavy (non-hydrogen) atoms. The number of carbonyl (C=O) groups is 1. The summed E-state index contributed by atoms with van der Waals surface area (Å²) in [5.74, 6) is 0.176. The van der Waals surface area contributed by atoms with E-state index in [0.29, 0.717) is 44.0 Å². The van der Waals surface area contributed by atoms with E-state index in [1.165, 1.54) is 11.6 Å². The summed E-state index contributed by atoms with van der Waals surface area (Å²) < 4.78 is 45.8. The number of nitrogens with zero attached hydrogens (tertiary/aromatic N) is 3. The van der Waals surface area contributed by atoms with E-state index >= 15 is 0 Å². The Balaban J connectivity index is 1.50. The van der Waals surface area contributed by atoms with Gasteiger partial charge in [0.15, 0.2) is 0 Å². The van der Waals surface area contributed by atoms with Crippen LogP contribution < -0.4 is 4.90 Å². The summed E-state index contributed by atoms with van der Waals surface area (Å²) in [6, 6.07) is 13.3. The van der Waals surface area contributed by atoms with Crippen molar-refractivity contribution < 1.29 is 22.7 Å². The van der Waals surface area contributed by atoms with Crippen LogP contribution in [0.4, 0.5) is 18.9 Å². The highest BCUT2D eigenvalue weighted by atomic mass is 19.4. The molecule has 8 heteroatoms. The molecule has 0 saturated carbocycles. The standard InChI is InChI=1S/C27H30F3N3O2/c1-3-19-4-6-20(7-5-19)25(34)33-16-22(17-35-2)26(18-33)10-12-32(13-11-26)23-9-8-21(15-31)24(14-23)27(28,29)30/h4-9,14,22H,3,10-13,16-18H2,1-2H3. The van der Waals surface area contributed by atoms with Gasteiger partial charge in [0.1, 0.15) is 0 Å². The fourth-order valence-corrected chi connectivity index (χ4v) is 5.52. The highest BCUT2D eigenvalue weighted by Crippen LogP contribution is 2.46. The molecule has 4 rings (SSSR count). The number of anilines is 1. The maximum absolute atomic E-state index is 13.4. The van der Waals surface area contributed by atoms with Crippen molar-refractivity contribution in [3.63, 3.8) is 0 Å². The summed E-state index contributed by atoms with van der Waals surface area (Å²) in [7, 11) is 1.66. The molecule has 5 nitrogen and oxygen atoms in total. The number of benzene rings is 2. The zero-order chi connectivity index (χ0) is 25.2. The topological polar surface area (TPSA) is 56.6 Å². The predicted octanol–water partition coefficient (Wildman–Crippen LogP) is 5.14. The summed E-state index contributed by atoms with van der Waals surface area (Å²) in [6.45, 7) is 4.99. The first-order chi connectivity index (χ1) is 16.7. The van der Waals surface area contributed by atoms with Gasteiger partial charge in [-0.1, -0.05) is 19.1 Å². The number of ether oxygens (including phenoxy) is 1. The monoisotopic (exact) mass is 485 g/mol. The van der Waals surface area contributed by atoms with Crippen molar-refractivity contribution in [2.24, 2.45) is 11.3 Å². The van der Waals surface area contributed by atoms with Crippen molar-refractivity contribution in [3.05, 3.63) is 64.7 Å². The number of likely N-dealkylation sites (tertiary alicyclic amines) is 1. The molecule has 2 aromatic rings. The molecule has 2 aliphatic heterocycles. The van der Waals surface area contributed by atoms with E-state index in [0.717, 1.165) is 25.3 Å². The lowest BCUT2D eigenvalue weighted by Gasteiger charge is -2.43. The zero-order valence-electron chi connectivity index (χ0n) is 20.1. The van der Waals surface area contributed by atoms with Gasteiger partial charge in [0.2, 0.25) is 0 Å². The number of hydrogen-bond donors (Lipinski definition) is 0. The van der Waals surface area contributed by atoms with Gasteiger partial charge in [0, 0.05) is 50.5 Å². The number of nitriles is 1. The third-order valence-corrected chi connectivity index (χ3v) is 7.63. The first-order valence-electron chi connectivity index (χ1n) is 11.9. The second-order valence-electron chi connectivity index (χ2n) is 9.58. The van der Waals surface area contributed by atoms with Crippen LogP contribution in [-0.2, 0) is 17.3 Å². The van der Waals surface area contributed by atoms with E-state index in [1.807, 2.05) is 34.1 Å². The van der Waals surface area contributed by atoms with Crippen molar-refractivity contribution in [2.45, 2.75) is 32.4 Å². The lowest BCUT2D eigenvalue weighted by Crippen LogP contribution is -2.45. The normalized spacial score (nSPS) is 19.7. The maximum atomic E-state index is 13.4. The third kappa shape index (κ3) is 5.01. The third-order valence-electron chi connectivity index (χ3n) is 7.63. The molecule has 2 heterocycles. The Labute approximate surface area is 204 Å². The van der Waals surface area contributed by atoms with E-state index in [9.17, 15) is 18.0 Å². The van der Waals surface area contributed by atoms with Gasteiger partial charge < -0.3 is 14.5 Å². The first kappa shape index (κ1) is 25.1. The highest BCUT2D eigenvalue weighted by molar-refractivity contribution is 5.94. The molecule has 0 aromatic heterocycles. The van der Waals surface area contributed by atoms with E-state index in [-0.39, 0.29) is 22.8 Å². The van der Waals surface area contributed by atoms with Gasteiger partial charge in [-0.3, -0.25) is 4.79 Å². The van der Waals surface area contributed by atoms with Crippen molar-refractivity contribution in [1.82, 2.24) is 4.90 Å². The van der Waals surface area contributed by atoms with E-state index in [4.69, 9.17) is 10.00 Å². The fraction of sp³-hybridized carbons (Fsp3) is 0.481. The van der Waals surface area contributed by atoms with Gasteiger partial charge in [-0.2, -0.15) is 18.4 Å². The Morgan fingerprint density at radius 2 is 1.86 bits per heavy atom. The molecule has 2 aromatic carbocycles. The molecule has 1 unspecified atom stereocenters. The molecule has 0 N–H and O–H groups in total. The summed E-state index contributed by atoms with van der Waals surface area (Å²) in [6.07, 6.45) is -2.16. The summed E-state index contributed by atoms with van der Waals surface area (Å²) in [4.78, 5) is 17.1. The zero-order valence-corrected chi connectivity index (χ0v) is 20.1. The Hall–Kier alpha value is -3.05. The molecule has 2 fully saturated rings. The fourth-order valence-electron chi connectivity index (χ4n) is 5.52. The van der Waals surface area contributed by atoms with Crippen molar-refractivity contribution in [2.75, 3.05) is 44.8 Å². The molecule has 0 radical (unpaired) electrons. The molecule has 1 atom stereocenters. The van der Waals surface area contributed by atoms with Crippen molar-refractivity contribution in [1.29, 1.82) is 5.26 Å². The largest absolute Gasteiger partial charge is 0.417 e. The van der Waals surface area contributed by atoms with Gasteiger partial charge in [-0.05, 0) is 60.6 Å². The highest BCUT2D eigenvalue weighted by Gasteiger charge is 2.49. The number of methoxy groups -OCH3 is 1. The molecular formula is C27H30F3N3O2. The van der Waals surface area contributed by atoms with Gasteiger partial charge >= 0.3 is 6.18 Å². The average Bonchev–Trinajstić information content (AvgIpc) is 3.20. The smallest absolute Gasteiger partial charge is 0.384 e. The quantitative estimate of drug-likeness (QED) is 0.588. The van der Waals surface area contributed by atoms with E-state index < -0.39 is 11.7 Å². The SMILES string of the molecule is CCc1ccc(C(=O)N2CC(COC)C3(CCN(c4ccc(C#N)c(C(F)(F)F)c4)CC3)C2)cc1. The van der Waals surface area contributed by atoms with E-state index in [2.05, 4.69) is 6.92 Å². The van der Waals surface area contributed by atoms with Crippen LogP contribution in [0.15, 0.2) is 42.5 Å². The van der Waals surface area contributed by atoms with Crippen molar-refractivity contribution in [3.8, 4) is 6.07 Å². The minimum atomic E-state index is -4.58. The number of halogens is 3. The number of piperidine rings is 1. The Morgan fingerprint density at radius 1 is 1.17 bits per heavy atom. The molecule has 1 spiro atoms. The van der Waals surface area contributed by atoms with Crippen LogP contribution >= 0.6 is 0 Å². The minimum absolute atomic E-state index is 0.00923. The van der Waals surface area contributed by atoms with Crippen LogP contribution in [0.3, 0.4) is 0 Å². The number of rotatable bonds is 5. The molecule has 186 valence electrons. The Bertz CT molecular complexity index is 1100. The van der Waals surface area contributed by atoms with Gasteiger partial charge in [0.05, 0.1) is 23.8 Å².